The first-order chi connectivity index (χ1) is 9.22. The number of aromatic nitrogens is 2. The second-order valence-corrected chi connectivity index (χ2v) is 4.58. The summed E-state index contributed by atoms with van der Waals surface area (Å²) in [6.07, 6.45) is 2.32. The van der Waals surface area contributed by atoms with Gasteiger partial charge in [-0.3, -0.25) is 4.79 Å². The SMILES string of the molecule is O=C(NCC1CC1)c1nc(-c2ccc(F)cc2)no1. The lowest BCUT2D eigenvalue weighted by Gasteiger charge is -1.98. The fraction of sp³-hybridized carbons (Fsp3) is 0.308. The van der Waals surface area contributed by atoms with Gasteiger partial charge in [0.2, 0.25) is 5.82 Å². The van der Waals surface area contributed by atoms with E-state index in [0.717, 1.165) is 12.8 Å². The quantitative estimate of drug-likeness (QED) is 0.914. The highest BCUT2D eigenvalue weighted by Crippen LogP contribution is 2.27. The summed E-state index contributed by atoms with van der Waals surface area (Å²) in [6, 6.07) is 5.68. The molecule has 0 bridgehead atoms. The van der Waals surface area contributed by atoms with E-state index in [-0.39, 0.29) is 23.4 Å². The van der Waals surface area contributed by atoms with Crippen molar-refractivity contribution >= 4 is 5.91 Å². The van der Waals surface area contributed by atoms with Crippen molar-refractivity contribution in [3.63, 3.8) is 0 Å². The summed E-state index contributed by atoms with van der Waals surface area (Å²) >= 11 is 0. The number of carbonyl (C=O) groups excluding carboxylic acids is 1. The predicted molar refractivity (Wildman–Crippen MR) is 64.7 cm³/mol. The van der Waals surface area contributed by atoms with Crippen LogP contribution in [0.25, 0.3) is 11.4 Å². The molecule has 0 atom stereocenters. The van der Waals surface area contributed by atoms with Crippen LogP contribution in [0, 0.1) is 11.7 Å². The van der Waals surface area contributed by atoms with Gasteiger partial charge in [-0.15, -0.1) is 0 Å². The van der Waals surface area contributed by atoms with Crippen molar-refractivity contribution in [1.29, 1.82) is 0 Å². The lowest BCUT2D eigenvalue weighted by Crippen LogP contribution is -2.25. The second-order valence-electron chi connectivity index (χ2n) is 4.58. The summed E-state index contributed by atoms with van der Waals surface area (Å²) in [5.74, 6) is 0.0855. The third kappa shape index (κ3) is 2.78. The lowest BCUT2D eigenvalue weighted by atomic mass is 10.2. The highest BCUT2D eigenvalue weighted by molar-refractivity contribution is 5.89. The third-order valence-electron chi connectivity index (χ3n) is 2.97. The topological polar surface area (TPSA) is 68.0 Å². The Balaban J connectivity index is 1.71. The molecule has 98 valence electrons. The van der Waals surface area contributed by atoms with Crippen molar-refractivity contribution in [3.8, 4) is 11.4 Å². The van der Waals surface area contributed by atoms with Gasteiger partial charge in [0.25, 0.3) is 0 Å². The molecular formula is C13H12FN3O2. The minimum absolute atomic E-state index is 0.0695. The van der Waals surface area contributed by atoms with Crippen LogP contribution in [-0.2, 0) is 0 Å². The van der Waals surface area contributed by atoms with Crippen LogP contribution >= 0.6 is 0 Å². The molecule has 0 spiro atoms. The monoisotopic (exact) mass is 261 g/mol. The Bertz CT molecular complexity index is 590. The van der Waals surface area contributed by atoms with Crippen LogP contribution in [0.3, 0.4) is 0 Å². The summed E-state index contributed by atoms with van der Waals surface area (Å²) in [4.78, 5) is 15.7. The van der Waals surface area contributed by atoms with E-state index < -0.39 is 0 Å². The summed E-state index contributed by atoms with van der Waals surface area (Å²) in [7, 11) is 0. The number of amides is 1. The standard InChI is InChI=1S/C13H12FN3O2/c14-10-5-3-9(4-6-10)11-16-13(19-17-11)12(18)15-7-8-1-2-8/h3-6,8H,1-2,7H2,(H,15,18). The van der Waals surface area contributed by atoms with E-state index in [9.17, 15) is 9.18 Å². The molecule has 1 amide bonds. The van der Waals surface area contributed by atoms with Gasteiger partial charge in [-0.25, -0.2) is 4.39 Å². The largest absolute Gasteiger partial charge is 0.348 e. The first-order valence-corrected chi connectivity index (χ1v) is 6.10. The molecule has 0 unspecified atom stereocenters. The van der Waals surface area contributed by atoms with E-state index in [1.807, 2.05) is 0 Å². The Morgan fingerprint density at radius 3 is 2.79 bits per heavy atom. The molecule has 0 aliphatic heterocycles. The van der Waals surface area contributed by atoms with Crippen molar-refractivity contribution < 1.29 is 13.7 Å². The molecular weight excluding hydrogens is 249 g/mol. The van der Waals surface area contributed by atoms with Crippen LogP contribution in [0.5, 0.6) is 0 Å². The average Bonchev–Trinajstić information content (AvgIpc) is 3.12. The Morgan fingerprint density at radius 1 is 1.37 bits per heavy atom. The highest BCUT2D eigenvalue weighted by atomic mass is 19.1. The van der Waals surface area contributed by atoms with Gasteiger partial charge in [0.15, 0.2) is 0 Å². The minimum atomic E-state index is -0.368. The van der Waals surface area contributed by atoms with Crippen LogP contribution in [0.1, 0.15) is 23.5 Å². The van der Waals surface area contributed by atoms with E-state index in [2.05, 4.69) is 15.5 Å². The smallest absolute Gasteiger partial charge is 0.316 e. The molecule has 1 N–H and O–H groups in total. The predicted octanol–water partition coefficient (Wildman–Crippen LogP) is 2.02. The van der Waals surface area contributed by atoms with Gasteiger partial charge < -0.3 is 9.84 Å². The van der Waals surface area contributed by atoms with Crippen molar-refractivity contribution in [2.24, 2.45) is 5.92 Å². The molecule has 6 heteroatoms. The van der Waals surface area contributed by atoms with Gasteiger partial charge in [-0.2, -0.15) is 4.98 Å². The Morgan fingerprint density at radius 2 is 2.11 bits per heavy atom. The Labute approximate surface area is 108 Å². The summed E-state index contributed by atoms with van der Waals surface area (Å²) in [6.45, 7) is 0.646. The molecule has 3 rings (SSSR count). The minimum Gasteiger partial charge on any atom is -0.348 e. The molecule has 1 aliphatic rings. The molecule has 0 saturated heterocycles. The first kappa shape index (κ1) is 11.8. The fourth-order valence-corrected chi connectivity index (χ4v) is 1.67. The van der Waals surface area contributed by atoms with Gasteiger partial charge >= 0.3 is 11.8 Å². The highest BCUT2D eigenvalue weighted by Gasteiger charge is 2.23. The van der Waals surface area contributed by atoms with Crippen molar-refractivity contribution in [3.05, 3.63) is 36.0 Å². The maximum atomic E-state index is 12.8. The molecule has 1 fully saturated rings. The normalized spacial score (nSPS) is 14.4. The zero-order chi connectivity index (χ0) is 13.2. The fourth-order valence-electron chi connectivity index (χ4n) is 1.67. The number of carbonyl (C=O) groups is 1. The molecule has 1 aromatic heterocycles. The van der Waals surface area contributed by atoms with E-state index >= 15 is 0 Å². The van der Waals surface area contributed by atoms with Gasteiger partial charge in [0.1, 0.15) is 5.82 Å². The number of hydrogen-bond acceptors (Lipinski definition) is 4. The molecule has 2 aromatic rings. The van der Waals surface area contributed by atoms with E-state index in [0.29, 0.717) is 18.0 Å². The first-order valence-electron chi connectivity index (χ1n) is 6.10. The molecule has 5 nitrogen and oxygen atoms in total. The van der Waals surface area contributed by atoms with Crippen LogP contribution in [0.2, 0.25) is 0 Å². The zero-order valence-electron chi connectivity index (χ0n) is 10.1. The Hall–Kier alpha value is -2.24. The molecule has 1 aromatic carbocycles. The van der Waals surface area contributed by atoms with E-state index in [1.165, 1.54) is 24.3 Å². The summed E-state index contributed by atoms with van der Waals surface area (Å²) in [5, 5.41) is 6.45. The van der Waals surface area contributed by atoms with E-state index in [1.54, 1.807) is 0 Å². The van der Waals surface area contributed by atoms with E-state index in [4.69, 9.17) is 4.52 Å². The van der Waals surface area contributed by atoms with Gasteiger partial charge in [0, 0.05) is 12.1 Å². The molecule has 1 heterocycles. The maximum Gasteiger partial charge on any atom is 0.316 e. The number of benzene rings is 1. The number of hydrogen-bond donors (Lipinski definition) is 1. The average molecular weight is 261 g/mol. The zero-order valence-corrected chi connectivity index (χ0v) is 10.1. The van der Waals surface area contributed by atoms with Crippen molar-refractivity contribution in [2.75, 3.05) is 6.54 Å². The number of nitrogens with zero attached hydrogens (tertiary/aromatic N) is 2. The lowest BCUT2D eigenvalue weighted by molar-refractivity contribution is 0.0908. The Kier molecular flexibility index (Phi) is 2.98. The van der Waals surface area contributed by atoms with Crippen LogP contribution in [-0.4, -0.2) is 22.6 Å². The second kappa shape index (κ2) is 4.79. The molecule has 1 aliphatic carbocycles. The third-order valence-corrected chi connectivity index (χ3v) is 2.97. The summed E-state index contributed by atoms with van der Waals surface area (Å²) in [5.41, 5.74) is 0.603. The van der Waals surface area contributed by atoms with Crippen LogP contribution < -0.4 is 5.32 Å². The van der Waals surface area contributed by atoms with Gasteiger partial charge in [-0.05, 0) is 43.0 Å². The molecule has 19 heavy (non-hydrogen) atoms. The summed E-state index contributed by atoms with van der Waals surface area (Å²) < 4.78 is 17.7. The molecule has 0 radical (unpaired) electrons. The maximum absolute atomic E-state index is 12.8. The number of nitrogens with one attached hydrogen (secondary N) is 1. The van der Waals surface area contributed by atoms with Crippen LogP contribution in [0.4, 0.5) is 4.39 Å². The number of rotatable bonds is 4. The van der Waals surface area contributed by atoms with Crippen LogP contribution in [0.15, 0.2) is 28.8 Å². The number of halogens is 1. The molecule has 1 saturated carbocycles. The van der Waals surface area contributed by atoms with Gasteiger partial charge in [-0.1, -0.05) is 5.16 Å². The van der Waals surface area contributed by atoms with Crippen molar-refractivity contribution in [2.45, 2.75) is 12.8 Å². The van der Waals surface area contributed by atoms with Crippen molar-refractivity contribution in [1.82, 2.24) is 15.5 Å². The van der Waals surface area contributed by atoms with Gasteiger partial charge in [0.05, 0.1) is 0 Å².